The van der Waals surface area contributed by atoms with E-state index in [0.29, 0.717) is 56.6 Å². The molecule has 0 saturated carbocycles. The average molecular weight is 848 g/mol. The van der Waals surface area contributed by atoms with Crippen molar-refractivity contribution in [2.75, 3.05) is 40.5 Å². The van der Waals surface area contributed by atoms with Crippen molar-refractivity contribution < 1.29 is 47.6 Å². The van der Waals surface area contributed by atoms with Crippen molar-refractivity contribution in [1.82, 2.24) is 4.90 Å². The number of carbonyl (C=O) groups excluding carboxylic acids is 4. The van der Waals surface area contributed by atoms with Gasteiger partial charge in [0.1, 0.15) is 36.9 Å². The fourth-order valence-electron chi connectivity index (χ4n) is 6.72. The van der Waals surface area contributed by atoms with Gasteiger partial charge < -0.3 is 33.3 Å². The van der Waals surface area contributed by atoms with Crippen molar-refractivity contribution >= 4 is 23.9 Å². The standard InChI is InChI=1S/C49H85NO10/c1-7-11-15-19-23-27-46(51)57-39-42(59-48(53)29-25-21-17-13-9-3)31-33-55-44-35-41(38-50(5)6)36-45(37-44)56-34-32-43(60-49(54)30-26-22-18-14-10-4)40-58-47(52)28-24-20-16-12-8-2/h35-37,42-43H,7-34,38-40H2,1-6H3/t42-,43-/m1/s1. The van der Waals surface area contributed by atoms with Crippen LogP contribution in [0.25, 0.3) is 0 Å². The summed E-state index contributed by atoms with van der Waals surface area (Å²) in [4.78, 5) is 52.7. The van der Waals surface area contributed by atoms with Gasteiger partial charge in [0.25, 0.3) is 0 Å². The van der Waals surface area contributed by atoms with Crippen LogP contribution in [0.4, 0.5) is 0 Å². The number of nitrogens with zero attached hydrogens (tertiary/aromatic N) is 1. The van der Waals surface area contributed by atoms with Gasteiger partial charge >= 0.3 is 23.9 Å². The molecule has 11 heteroatoms. The first kappa shape index (κ1) is 54.7. The van der Waals surface area contributed by atoms with Gasteiger partial charge in [-0.15, -0.1) is 0 Å². The summed E-state index contributed by atoms with van der Waals surface area (Å²) >= 11 is 0. The molecule has 0 N–H and O–H groups in total. The Labute approximate surface area is 364 Å². The van der Waals surface area contributed by atoms with Crippen molar-refractivity contribution in [3.05, 3.63) is 23.8 Å². The molecule has 0 aliphatic carbocycles. The second kappa shape index (κ2) is 37.4. The van der Waals surface area contributed by atoms with E-state index in [2.05, 4.69) is 32.6 Å². The van der Waals surface area contributed by atoms with Crippen LogP contribution in [0.2, 0.25) is 0 Å². The van der Waals surface area contributed by atoms with Crippen molar-refractivity contribution in [1.29, 1.82) is 0 Å². The minimum atomic E-state index is -0.621. The third kappa shape index (κ3) is 31.5. The molecule has 11 nitrogen and oxygen atoms in total. The topological polar surface area (TPSA) is 127 Å². The largest absolute Gasteiger partial charge is 0.493 e. The Morgan fingerprint density at radius 2 is 0.800 bits per heavy atom. The number of hydrogen-bond donors (Lipinski definition) is 0. The van der Waals surface area contributed by atoms with Gasteiger partial charge in [-0.05, 0) is 57.5 Å². The lowest BCUT2D eigenvalue weighted by atomic mass is 10.1. The van der Waals surface area contributed by atoms with Crippen LogP contribution < -0.4 is 9.47 Å². The monoisotopic (exact) mass is 848 g/mol. The van der Waals surface area contributed by atoms with Crippen LogP contribution in [0.1, 0.15) is 200 Å². The van der Waals surface area contributed by atoms with E-state index in [1.165, 1.54) is 0 Å². The number of benzene rings is 1. The third-order valence-corrected chi connectivity index (χ3v) is 10.3. The second-order valence-electron chi connectivity index (χ2n) is 16.6. The van der Waals surface area contributed by atoms with E-state index in [1.54, 1.807) is 0 Å². The van der Waals surface area contributed by atoms with Crippen LogP contribution in [0.5, 0.6) is 11.5 Å². The summed E-state index contributed by atoms with van der Waals surface area (Å²) in [5, 5.41) is 0. The fraction of sp³-hybridized carbons (Fsp3) is 0.796. The molecule has 0 spiro atoms. The molecule has 0 saturated heterocycles. The Morgan fingerprint density at radius 3 is 1.13 bits per heavy atom. The molecule has 0 fully saturated rings. The van der Waals surface area contributed by atoms with Crippen LogP contribution in [0.3, 0.4) is 0 Å². The molecule has 1 aromatic carbocycles. The predicted octanol–water partition coefficient (Wildman–Crippen LogP) is 11.6. The van der Waals surface area contributed by atoms with E-state index in [9.17, 15) is 19.2 Å². The molecule has 1 rings (SSSR count). The molecular formula is C49H85NO10. The predicted molar refractivity (Wildman–Crippen MR) is 239 cm³/mol. The smallest absolute Gasteiger partial charge is 0.306 e. The molecule has 1 aromatic rings. The summed E-state index contributed by atoms with van der Waals surface area (Å²) in [6.45, 7) is 9.73. The number of carbonyl (C=O) groups is 4. The third-order valence-electron chi connectivity index (χ3n) is 10.3. The van der Waals surface area contributed by atoms with Crippen LogP contribution in [-0.2, 0) is 44.7 Å². The lowest BCUT2D eigenvalue weighted by Gasteiger charge is -2.20. The van der Waals surface area contributed by atoms with E-state index in [0.717, 1.165) is 134 Å². The van der Waals surface area contributed by atoms with E-state index in [4.69, 9.17) is 28.4 Å². The number of ether oxygens (including phenoxy) is 6. The second-order valence-corrected chi connectivity index (χ2v) is 16.6. The summed E-state index contributed by atoms with van der Waals surface area (Å²) in [5.41, 5.74) is 0.977. The molecule has 0 unspecified atom stereocenters. The minimum absolute atomic E-state index is 0.00732. The maximum absolute atomic E-state index is 12.8. The summed E-state index contributed by atoms with van der Waals surface area (Å²) in [6, 6.07) is 5.72. The number of rotatable bonds is 40. The summed E-state index contributed by atoms with van der Waals surface area (Å²) in [7, 11) is 3.97. The minimum Gasteiger partial charge on any atom is -0.493 e. The van der Waals surface area contributed by atoms with Crippen LogP contribution in [0.15, 0.2) is 18.2 Å². The quantitative estimate of drug-likeness (QED) is 0.0356. The molecule has 0 aliphatic rings. The Bertz CT molecular complexity index is 1170. The van der Waals surface area contributed by atoms with Crippen molar-refractivity contribution in [2.45, 2.75) is 213 Å². The summed E-state index contributed by atoms with van der Waals surface area (Å²) < 4.78 is 35.2. The van der Waals surface area contributed by atoms with Gasteiger partial charge in [-0.25, -0.2) is 0 Å². The van der Waals surface area contributed by atoms with Gasteiger partial charge in [0.05, 0.1) is 13.2 Å². The molecule has 0 aliphatic heterocycles. The maximum atomic E-state index is 12.8. The van der Waals surface area contributed by atoms with Gasteiger partial charge in [-0.1, -0.05) is 130 Å². The summed E-state index contributed by atoms with van der Waals surface area (Å²) in [5.74, 6) is 0.0534. The van der Waals surface area contributed by atoms with Gasteiger partial charge in [-0.2, -0.15) is 0 Å². The molecule has 0 heterocycles. The molecule has 0 radical (unpaired) electrons. The summed E-state index contributed by atoms with van der Waals surface area (Å²) in [6.07, 6.45) is 21.5. The molecule has 60 heavy (non-hydrogen) atoms. The van der Waals surface area contributed by atoms with Crippen LogP contribution in [0, 0.1) is 0 Å². The SMILES string of the molecule is CCCCCCCC(=O)OC[C@@H](CCOc1cc(CN(C)C)cc(OCC[C@H](COC(=O)CCCCCCC)OC(=O)CCCCCCC)c1)OC(=O)CCCCCCC. The first-order chi connectivity index (χ1) is 29.1. The number of unbranched alkanes of at least 4 members (excludes halogenated alkanes) is 16. The highest BCUT2D eigenvalue weighted by molar-refractivity contribution is 5.71. The normalized spacial score (nSPS) is 12.2. The molecule has 0 bridgehead atoms. The van der Waals surface area contributed by atoms with Gasteiger partial charge in [0.15, 0.2) is 0 Å². The van der Waals surface area contributed by atoms with E-state index >= 15 is 0 Å². The lowest BCUT2D eigenvalue weighted by Crippen LogP contribution is -2.27. The number of hydrogen-bond acceptors (Lipinski definition) is 11. The van der Waals surface area contributed by atoms with Crippen LogP contribution in [-0.4, -0.2) is 81.5 Å². The van der Waals surface area contributed by atoms with Crippen molar-refractivity contribution in [2.24, 2.45) is 0 Å². The highest BCUT2D eigenvalue weighted by Gasteiger charge is 2.20. The highest BCUT2D eigenvalue weighted by atomic mass is 16.6. The van der Waals surface area contributed by atoms with E-state index < -0.39 is 12.2 Å². The van der Waals surface area contributed by atoms with Gasteiger partial charge in [0.2, 0.25) is 0 Å². The Morgan fingerprint density at radius 1 is 0.467 bits per heavy atom. The highest BCUT2D eigenvalue weighted by Crippen LogP contribution is 2.25. The fourth-order valence-corrected chi connectivity index (χ4v) is 6.72. The number of esters is 4. The first-order valence-corrected chi connectivity index (χ1v) is 23.8. The Hall–Kier alpha value is -3.34. The molecule has 346 valence electrons. The maximum Gasteiger partial charge on any atom is 0.306 e. The zero-order valence-electron chi connectivity index (χ0n) is 38.8. The molecule has 2 atom stereocenters. The van der Waals surface area contributed by atoms with Crippen molar-refractivity contribution in [3.8, 4) is 11.5 Å². The zero-order valence-corrected chi connectivity index (χ0v) is 38.8. The van der Waals surface area contributed by atoms with Crippen molar-refractivity contribution in [3.63, 3.8) is 0 Å². The van der Waals surface area contributed by atoms with Crippen LogP contribution >= 0.6 is 0 Å². The molecule has 0 aromatic heterocycles. The molecular weight excluding hydrogens is 763 g/mol. The zero-order chi connectivity index (χ0) is 44.1. The van der Waals surface area contributed by atoms with E-state index in [-0.39, 0.29) is 50.3 Å². The Kier molecular flexibility index (Phi) is 34.1. The van der Waals surface area contributed by atoms with Gasteiger partial charge in [-0.3, -0.25) is 19.2 Å². The lowest BCUT2D eigenvalue weighted by molar-refractivity contribution is -0.160. The van der Waals surface area contributed by atoms with Gasteiger partial charge in [0, 0.05) is 51.1 Å². The molecule has 0 amide bonds. The Balaban J connectivity index is 2.93. The average Bonchev–Trinajstić information content (AvgIpc) is 3.21. The first-order valence-electron chi connectivity index (χ1n) is 23.8. The van der Waals surface area contributed by atoms with E-state index in [1.807, 2.05) is 32.3 Å².